The van der Waals surface area contributed by atoms with Crippen molar-refractivity contribution in [1.82, 2.24) is 0 Å². The van der Waals surface area contributed by atoms with Crippen LogP contribution in [0.2, 0.25) is 0 Å². The molecule has 4 heteroatoms. The van der Waals surface area contributed by atoms with Crippen LogP contribution in [0.25, 0.3) is 0 Å². The van der Waals surface area contributed by atoms with E-state index < -0.39 is 5.97 Å². The molecule has 0 aliphatic heterocycles. The number of hydrogen-bond donors (Lipinski definition) is 2. The van der Waals surface area contributed by atoms with Crippen molar-refractivity contribution in [3.05, 3.63) is 0 Å². The van der Waals surface area contributed by atoms with Crippen LogP contribution in [0.4, 0.5) is 0 Å². The lowest BCUT2D eigenvalue weighted by atomic mass is 9.89. The normalized spacial score (nSPS) is 15.3. The minimum Gasteiger partial charge on any atom is -0.481 e. The maximum Gasteiger partial charge on any atom is 0.306 e. The number of aliphatic carboxylic acids is 1. The molecule has 3 N–H and O–H groups in total. The van der Waals surface area contributed by atoms with Crippen molar-refractivity contribution in [3.63, 3.8) is 0 Å². The third-order valence-corrected chi connectivity index (χ3v) is 2.26. The summed E-state index contributed by atoms with van der Waals surface area (Å²) in [7, 11) is 1.62. The molecule has 0 saturated carbocycles. The third-order valence-electron chi connectivity index (χ3n) is 2.26. The van der Waals surface area contributed by atoms with Crippen LogP contribution in [0.5, 0.6) is 0 Å². The SMILES string of the molecule is COCCC(C)C(CCN)C(=O)O. The van der Waals surface area contributed by atoms with Gasteiger partial charge in [0.2, 0.25) is 0 Å². The molecule has 4 nitrogen and oxygen atoms in total. The van der Waals surface area contributed by atoms with Crippen LogP contribution in [0.3, 0.4) is 0 Å². The summed E-state index contributed by atoms with van der Waals surface area (Å²) in [5.74, 6) is -0.963. The van der Waals surface area contributed by atoms with E-state index >= 15 is 0 Å². The number of nitrogens with two attached hydrogens (primary N) is 1. The lowest BCUT2D eigenvalue weighted by Gasteiger charge is -2.18. The van der Waals surface area contributed by atoms with Crippen LogP contribution in [-0.2, 0) is 9.53 Å². The number of ether oxygens (including phenoxy) is 1. The molecule has 0 heterocycles. The molecule has 78 valence electrons. The first-order valence-electron chi connectivity index (χ1n) is 4.55. The van der Waals surface area contributed by atoms with Crippen LogP contribution >= 0.6 is 0 Å². The zero-order chi connectivity index (χ0) is 10.3. The summed E-state index contributed by atoms with van der Waals surface area (Å²) in [6.07, 6.45) is 1.31. The molecule has 0 fully saturated rings. The molecular formula is C9H19NO3. The van der Waals surface area contributed by atoms with E-state index in [0.29, 0.717) is 19.6 Å². The van der Waals surface area contributed by atoms with Crippen LogP contribution in [0.1, 0.15) is 19.8 Å². The quantitative estimate of drug-likeness (QED) is 0.618. The Morgan fingerprint density at radius 2 is 2.15 bits per heavy atom. The van der Waals surface area contributed by atoms with Gasteiger partial charge in [-0.05, 0) is 25.3 Å². The smallest absolute Gasteiger partial charge is 0.306 e. The van der Waals surface area contributed by atoms with Gasteiger partial charge in [0.15, 0.2) is 0 Å². The van der Waals surface area contributed by atoms with Crippen molar-refractivity contribution in [1.29, 1.82) is 0 Å². The van der Waals surface area contributed by atoms with E-state index in [-0.39, 0.29) is 11.8 Å². The number of methoxy groups -OCH3 is 1. The Morgan fingerprint density at radius 1 is 1.54 bits per heavy atom. The fourth-order valence-electron chi connectivity index (χ4n) is 1.34. The number of carboxylic acid groups (broad SMARTS) is 1. The molecule has 0 aliphatic carbocycles. The van der Waals surface area contributed by atoms with Gasteiger partial charge in [-0.25, -0.2) is 0 Å². The zero-order valence-electron chi connectivity index (χ0n) is 8.32. The van der Waals surface area contributed by atoms with Crippen molar-refractivity contribution in [3.8, 4) is 0 Å². The highest BCUT2D eigenvalue weighted by molar-refractivity contribution is 5.70. The van der Waals surface area contributed by atoms with Gasteiger partial charge in [0, 0.05) is 13.7 Å². The van der Waals surface area contributed by atoms with E-state index in [0.717, 1.165) is 6.42 Å². The first-order valence-corrected chi connectivity index (χ1v) is 4.55. The second kappa shape index (κ2) is 6.86. The van der Waals surface area contributed by atoms with Crippen LogP contribution in [0.15, 0.2) is 0 Å². The Morgan fingerprint density at radius 3 is 2.54 bits per heavy atom. The Bertz CT molecular complexity index is 150. The topological polar surface area (TPSA) is 72.5 Å². The molecule has 0 saturated heterocycles. The molecule has 2 unspecified atom stereocenters. The number of carbonyl (C=O) groups is 1. The van der Waals surface area contributed by atoms with Gasteiger partial charge in [-0.3, -0.25) is 4.79 Å². The molecule has 0 rings (SSSR count). The second-order valence-corrected chi connectivity index (χ2v) is 3.28. The largest absolute Gasteiger partial charge is 0.481 e. The van der Waals surface area contributed by atoms with E-state index in [1.807, 2.05) is 6.92 Å². The molecule has 0 aromatic carbocycles. The lowest BCUT2D eigenvalue weighted by Crippen LogP contribution is -2.25. The molecule has 2 atom stereocenters. The standard InChI is InChI=1S/C9H19NO3/c1-7(4-6-13-2)8(3-5-10)9(11)12/h7-8H,3-6,10H2,1-2H3,(H,11,12). The van der Waals surface area contributed by atoms with E-state index in [1.165, 1.54) is 0 Å². The van der Waals surface area contributed by atoms with Gasteiger partial charge in [0.05, 0.1) is 5.92 Å². The first kappa shape index (κ1) is 12.4. The molecule has 0 radical (unpaired) electrons. The Balaban J connectivity index is 3.95. The summed E-state index contributed by atoms with van der Waals surface area (Å²) in [6, 6.07) is 0. The van der Waals surface area contributed by atoms with Crippen molar-refractivity contribution in [2.45, 2.75) is 19.8 Å². The second-order valence-electron chi connectivity index (χ2n) is 3.28. The molecule has 0 aromatic rings. The van der Waals surface area contributed by atoms with Crippen molar-refractivity contribution in [2.75, 3.05) is 20.3 Å². The van der Waals surface area contributed by atoms with Gasteiger partial charge < -0.3 is 15.6 Å². The predicted molar refractivity (Wildman–Crippen MR) is 50.5 cm³/mol. The highest BCUT2D eigenvalue weighted by atomic mass is 16.5. The third kappa shape index (κ3) is 4.85. The maximum absolute atomic E-state index is 10.8. The fourth-order valence-corrected chi connectivity index (χ4v) is 1.34. The van der Waals surface area contributed by atoms with E-state index in [4.69, 9.17) is 15.6 Å². The Kier molecular flexibility index (Phi) is 6.54. The average molecular weight is 189 g/mol. The summed E-state index contributed by atoms with van der Waals surface area (Å²) < 4.78 is 4.90. The van der Waals surface area contributed by atoms with Gasteiger partial charge in [-0.2, -0.15) is 0 Å². The Hall–Kier alpha value is -0.610. The molecule has 0 aromatic heterocycles. The first-order chi connectivity index (χ1) is 6.13. The summed E-state index contributed by atoms with van der Waals surface area (Å²) >= 11 is 0. The van der Waals surface area contributed by atoms with Crippen LogP contribution in [-0.4, -0.2) is 31.3 Å². The van der Waals surface area contributed by atoms with E-state index in [9.17, 15) is 4.79 Å². The summed E-state index contributed by atoms with van der Waals surface area (Å²) in [6.45, 7) is 2.96. The van der Waals surface area contributed by atoms with Crippen LogP contribution < -0.4 is 5.73 Å². The zero-order valence-corrected chi connectivity index (χ0v) is 8.32. The predicted octanol–water partition coefficient (Wildman–Crippen LogP) is 0.709. The Labute approximate surface area is 79.1 Å². The fraction of sp³-hybridized carbons (Fsp3) is 0.889. The van der Waals surface area contributed by atoms with Gasteiger partial charge in [0.25, 0.3) is 0 Å². The maximum atomic E-state index is 10.8. The van der Waals surface area contributed by atoms with Crippen LogP contribution in [0, 0.1) is 11.8 Å². The van der Waals surface area contributed by atoms with E-state index in [1.54, 1.807) is 7.11 Å². The summed E-state index contributed by atoms with van der Waals surface area (Å²) in [4.78, 5) is 10.8. The monoisotopic (exact) mass is 189 g/mol. The lowest BCUT2D eigenvalue weighted by molar-refractivity contribution is -0.143. The average Bonchev–Trinajstić information content (AvgIpc) is 2.09. The molecule has 0 aliphatic rings. The summed E-state index contributed by atoms with van der Waals surface area (Å²) in [5, 5.41) is 8.88. The van der Waals surface area contributed by atoms with Gasteiger partial charge in [0.1, 0.15) is 0 Å². The van der Waals surface area contributed by atoms with Gasteiger partial charge in [-0.15, -0.1) is 0 Å². The molecule has 0 bridgehead atoms. The van der Waals surface area contributed by atoms with Gasteiger partial charge in [-0.1, -0.05) is 6.92 Å². The minimum absolute atomic E-state index is 0.126. The van der Waals surface area contributed by atoms with Crippen molar-refractivity contribution >= 4 is 5.97 Å². The highest BCUT2D eigenvalue weighted by Crippen LogP contribution is 2.18. The van der Waals surface area contributed by atoms with E-state index in [2.05, 4.69) is 0 Å². The molecule has 0 spiro atoms. The molecule has 13 heavy (non-hydrogen) atoms. The van der Waals surface area contributed by atoms with Gasteiger partial charge >= 0.3 is 5.97 Å². The minimum atomic E-state index is -0.756. The number of hydrogen-bond acceptors (Lipinski definition) is 3. The number of rotatable bonds is 7. The van der Waals surface area contributed by atoms with Crippen molar-refractivity contribution < 1.29 is 14.6 Å². The molecular weight excluding hydrogens is 170 g/mol. The van der Waals surface area contributed by atoms with Crippen molar-refractivity contribution in [2.24, 2.45) is 17.6 Å². The number of carboxylic acids is 1. The molecule has 0 amide bonds. The highest BCUT2D eigenvalue weighted by Gasteiger charge is 2.23. The summed E-state index contributed by atoms with van der Waals surface area (Å²) in [5.41, 5.74) is 5.34.